The zero-order valence-electron chi connectivity index (χ0n) is 17.0. The van der Waals surface area contributed by atoms with Crippen molar-refractivity contribution < 1.29 is 10.2 Å². The van der Waals surface area contributed by atoms with E-state index in [1.54, 1.807) is 0 Å². The number of aryl methyl sites for hydroxylation is 1. The largest absolute Gasteiger partial charge is 0.394 e. The SMILES string of the molecule is CCC(C)(C)CC(C)(C)c1ccc(CCC(CO)(CO)N=C(N)N)cc1. The predicted molar refractivity (Wildman–Crippen MR) is 109 cm³/mol. The van der Waals surface area contributed by atoms with Crippen LogP contribution in [0, 0.1) is 5.41 Å². The van der Waals surface area contributed by atoms with Gasteiger partial charge in [-0.3, -0.25) is 0 Å². The molecule has 0 atom stereocenters. The molecule has 0 aliphatic heterocycles. The van der Waals surface area contributed by atoms with E-state index >= 15 is 0 Å². The number of guanidine groups is 1. The van der Waals surface area contributed by atoms with Crippen molar-refractivity contribution in [3.05, 3.63) is 35.4 Å². The van der Waals surface area contributed by atoms with E-state index in [0.29, 0.717) is 18.3 Å². The Morgan fingerprint density at radius 2 is 1.54 bits per heavy atom. The van der Waals surface area contributed by atoms with Gasteiger partial charge in [-0.1, -0.05) is 65.3 Å². The van der Waals surface area contributed by atoms with Crippen molar-refractivity contribution in [2.45, 2.75) is 71.3 Å². The zero-order chi connectivity index (χ0) is 20.0. The minimum atomic E-state index is -1.03. The molecule has 0 aromatic heterocycles. The first kappa shape index (κ1) is 22.5. The molecule has 5 nitrogen and oxygen atoms in total. The summed E-state index contributed by atoms with van der Waals surface area (Å²) in [7, 11) is 0. The van der Waals surface area contributed by atoms with Crippen LogP contribution in [0.5, 0.6) is 0 Å². The Labute approximate surface area is 158 Å². The second-order valence-corrected chi connectivity index (χ2v) is 8.85. The van der Waals surface area contributed by atoms with Crippen LogP contribution in [0.3, 0.4) is 0 Å². The number of aliphatic imine (C=N–C) groups is 1. The third-order valence-electron chi connectivity index (χ3n) is 5.45. The number of hydrogen-bond acceptors (Lipinski definition) is 3. The van der Waals surface area contributed by atoms with Gasteiger partial charge in [0.15, 0.2) is 5.96 Å². The van der Waals surface area contributed by atoms with Gasteiger partial charge in [0.05, 0.1) is 13.2 Å². The lowest BCUT2D eigenvalue weighted by molar-refractivity contribution is 0.116. The van der Waals surface area contributed by atoms with Gasteiger partial charge in [-0.15, -0.1) is 0 Å². The molecule has 26 heavy (non-hydrogen) atoms. The highest BCUT2D eigenvalue weighted by Crippen LogP contribution is 2.38. The fraction of sp³-hybridized carbons (Fsp3) is 0.667. The summed E-state index contributed by atoms with van der Waals surface area (Å²) in [5, 5.41) is 19.2. The highest BCUT2D eigenvalue weighted by atomic mass is 16.3. The monoisotopic (exact) mass is 363 g/mol. The Morgan fingerprint density at radius 1 is 1.00 bits per heavy atom. The number of nitrogens with zero attached hydrogens (tertiary/aromatic N) is 1. The standard InChI is InChI=1S/C21H37N3O2/c1-6-19(2,3)13-20(4,5)17-9-7-16(8-10-17)11-12-21(14-25,15-26)24-18(22)23/h7-10,25-26H,6,11-15H2,1-5H3,(H4,22,23,24). The molecule has 0 saturated carbocycles. The van der Waals surface area contributed by atoms with Gasteiger partial charge in [0.2, 0.25) is 0 Å². The average molecular weight is 364 g/mol. The molecule has 0 unspecified atom stereocenters. The summed E-state index contributed by atoms with van der Waals surface area (Å²) in [6, 6.07) is 8.60. The van der Waals surface area contributed by atoms with Crippen LogP contribution in [0.15, 0.2) is 29.3 Å². The summed E-state index contributed by atoms with van der Waals surface area (Å²) >= 11 is 0. The van der Waals surface area contributed by atoms with Gasteiger partial charge in [0.25, 0.3) is 0 Å². The molecular weight excluding hydrogens is 326 g/mol. The van der Waals surface area contributed by atoms with Gasteiger partial charge in [-0.05, 0) is 41.2 Å². The van der Waals surface area contributed by atoms with Gasteiger partial charge in [0.1, 0.15) is 5.54 Å². The quantitative estimate of drug-likeness (QED) is 0.379. The van der Waals surface area contributed by atoms with E-state index in [1.807, 2.05) is 0 Å². The molecule has 6 N–H and O–H groups in total. The van der Waals surface area contributed by atoms with Gasteiger partial charge in [0, 0.05) is 0 Å². The van der Waals surface area contributed by atoms with Gasteiger partial charge in [-0.25, -0.2) is 4.99 Å². The Balaban J connectivity index is 2.86. The van der Waals surface area contributed by atoms with E-state index in [4.69, 9.17) is 11.5 Å². The fourth-order valence-corrected chi connectivity index (χ4v) is 3.53. The molecule has 0 fully saturated rings. The number of aliphatic hydroxyl groups is 2. The molecule has 148 valence electrons. The van der Waals surface area contributed by atoms with E-state index in [9.17, 15) is 10.2 Å². The van der Waals surface area contributed by atoms with E-state index in [2.05, 4.69) is 63.9 Å². The fourth-order valence-electron chi connectivity index (χ4n) is 3.53. The first-order chi connectivity index (χ1) is 12.0. The zero-order valence-corrected chi connectivity index (χ0v) is 17.0. The number of rotatable bonds is 10. The molecule has 0 aliphatic carbocycles. The summed E-state index contributed by atoms with van der Waals surface area (Å²) in [6.45, 7) is 10.9. The average Bonchev–Trinajstić information content (AvgIpc) is 2.58. The van der Waals surface area contributed by atoms with Crippen LogP contribution in [0.1, 0.15) is 65.0 Å². The number of aliphatic hydroxyl groups excluding tert-OH is 2. The lowest BCUT2D eigenvalue weighted by Crippen LogP contribution is -2.40. The second-order valence-electron chi connectivity index (χ2n) is 8.85. The molecular formula is C21H37N3O2. The molecule has 1 aromatic carbocycles. The van der Waals surface area contributed by atoms with Crippen molar-refractivity contribution in [1.82, 2.24) is 0 Å². The van der Waals surface area contributed by atoms with Crippen molar-refractivity contribution in [3.8, 4) is 0 Å². The Hall–Kier alpha value is -1.59. The molecule has 5 heteroatoms. The van der Waals surface area contributed by atoms with E-state index in [0.717, 1.165) is 18.4 Å². The normalized spacial score (nSPS) is 12.9. The summed E-state index contributed by atoms with van der Waals surface area (Å²) in [5.74, 6) is -0.122. The van der Waals surface area contributed by atoms with Gasteiger partial charge < -0.3 is 21.7 Å². The minimum Gasteiger partial charge on any atom is -0.394 e. The number of hydrogen-bond donors (Lipinski definition) is 4. The lowest BCUT2D eigenvalue weighted by atomic mass is 9.70. The van der Waals surface area contributed by atoms with Crippen molar-refractivity contribution in [1.29, 1.82) is 0 Å². The predicted octanol–water partition coefficient (Wildman–Crippen LogP) is 2.72. The van der Waals surface area contributed by atoms with E-state index < -0.39 is 5.54 Å². The van der Waals surface area contributed by atoms with Crippen LogP contribution in [0.4, 0.5) is 0 Å². The molecule has 0 spiro atoms. The minimum absolute atomic E-state index is 0.107. The van der Waals surface area contributed by atoms with Crippen LogP contribution in [-0.4, -0.2) is 34.9 Å². The summed E-state index contributed by atoms with van der Waals surface area (Å²) in [5.41, 5.74) is 12.7. The summed E-state index contributed by atoms with van der Waals surface area (Å²) < 4.78 is 0. The van der Waals surface area contributed by atoms with Crippen LogP contribution in [0.2, 0.25) is 0 Å². The first-order valence-corrected chi connectivity index (χ1v) is 9.41. The third kappa shape index (κ3) is 6.29. The molecule has 0 radical (unpaired) electrons. The van der Waals surface area contributed by atoms with Crippen molar-refractivity contribution in [2.75, 3.05) is 13.2 Å². The maximum atomic E-state index is 9.61. The Morgan fingerprint density at radius 3 is 1.96 bits per heavy atom. The molecule has 0 aliphatic rings. The third-order valence-corrected chi connectivity index (χ3v) is 5.45. The molecule has 0 heterocycles. The maximum Gasteiger partial charge on any atom is 0.186 e. The highest BCUT2D eigenvalue weighted by Gasteiger charge is 2.30. The molecule has 0 saturated heterocycles. The topological polar surface area (TPSA) is 105 Å². The summed E-state index contributed by atoms with van der Waals surface area (Å²) in [6.07, 6.45) is 3.44. The highest BCUT2D eigenvalue weighted by molar-refractivity contribution is 5.76. The Bertz CT molecular complexity index is 584. The molecule has 1 rings (SSSR count). The Kier molecular flexibility index (Phi) is 7.66. The smallest absolute Gasteiger partial charge is 0.186 e. The molecule has 1 aromatic rings. The first-order valence-electron chi connectivity index (χ1n) is 9.41. The number of nitrogens with two attached hydrogens (primary N) is 2. The van der Waals surface area contributed by atoms with Crippen molar-refractivity contribution in [3.63, 3.8) is 0 Å². The van der Waals surface area contributed by atoms with E-state index in [-0.39, 0.29) is 24.6 Å². The van der Waals surface area contributed by atoms with E-state index in [1.165, 1.54) is 5.56 Å². The molecule has 0 bridgehead atoms. The van der Waals surface area contributed by atoms with Gasteiger partial charge in [-0.2, -0.15) is 0 Å². The summed E-state index contributed by atoms with van der Waals surface area (Å²) in [4.78, 5) is 4.04. The van der Waals surface area contributed by atoms with Crippen LogP contribution in [-0.2, 0) is 11.8 Å². The number of benzene rings is 1. The van der Waals surface area contributed by atoms with Crippen LogP contribution < -0.4 is 11.5 Å². The van der Waals surface area contributed by atoms with Crippen LogP contribution in [0.25, 0.3) is 0 Å². The lowest BCUT2D eigenvalue weighted by Gasteiger charge is -2.35. The van der Waals surface area contributed by atoms with Gasteiger partial charge >= 0.3 is 0 Å². The maximum absolute atomic E-state index is 9.61. The second kappa shape index (κ2) is 8.87. The molecule has 0 amide bonds. The van der Waals surface area contributed by atoms with Crippen molar-refractivity contribution in [2.24, 2.45) is 21.9 Å². The van der Waals surface area contributed by atoms with Crippen molar-refractivity contribution >= 4 is 5.96 Å². The van der Waals surface area contributed by atoms with Crippen LogP contribution >= 0.6 is 0 Å².